The predicted octanol–water partition coefficient (Wildman–Crippen LogP) is 2.84. The van der Waals surface area contributed by atoms with E-state index in [1.165, 1.54) is 17.6 Å². The average Bonchev–Trinajstić information content (AvgIpc) is 3.39. The zero-order valence-electron chi connectivity index (χ0n) is 21.2. The molecule has 5 rings (SSSR count). The predicted molar refractivity (Wildman–Crippen MR) is 139 cm³/mol. The van der Waals surface area contributed by atoms with E-state index in [0.29, 0.717) is 25.7 Å². The van der Waals surface area contributed by atoms with Crippen molar-refractivity contribution in [1.29, 1.82) is 5.26 Å². The molecular weight excluding hydrogens is 468 g/mol. The number of rotatable bonds is 6. The van der Waals surface area contributed by atoms with Crippen molar-refractivity contribution >= 4 is 17.4 Å². The largest absolute Gasteiger partial charge is 0.379 e. The molecule has 2 aliphatic heterocycles. The molecule has 2 aromatic rings. The van der Waals surface area contributed by atoms with E-state index in [4.69, 9.17) is 10.5 Å². The Balaban J connectivity index is 1.37. The van der Waals surface area contributed by atoms with Gasteiger partial charge in [-0.15, -0.1) is 0 Å². The number of carbonyl (C=O) groups is 2. The number of piperidine rings is 1. The number of imidazole rings is 1. The molecule has 1 aliphatic carbocycles. The minimum Gasteiger partial charge on any atom is -0.379 e. The number of morpholine rings is 1. The van der Waals surface area contributed by atoms with Crippen LogP contribution in [-0.4, -0.2) is 77.1 Å². The van der Waals surface area contributed by atoms with Gasteiger partial charge in [-0.25, -0.2) is 4.98 Å². The molecule has 3 heterocycles. The van der Waals surface area contributed by atoms with Gasteiger partial charge in [0, 0.05) is 37.9 Å². The van der Waals surface area contributed by atoms with Gasteiger partial charge >= 0.3 is 0 Å². The van der Waals surface area contributed by atoms with E-state index in [1.54, 1.807) is 10.8 Å². The highest BCUT2D eigenvalue weighted by Gasteiger charge is 2.27. The monoisotopic (exact) mass is 502 g/mol. The molecule has 0 atom stereocenters. The summed E-state index contributed by atoms with van der Waals surface area (Å²) >= 11 is 0. The lowest BCUT2D eigenvalue weighted by Gasteiger charge is -2.35. The van der Waals surface area contributed by atoms with Crippen LogP contribution in [0.4, 0.5) is 0 Å². The lowest BCUT2D eigenvalue weighted by molar-refractivity contribution is -0.134. The van der Waals surface area contributed by atoms with Crippen LogP contribution in [0.2, 0.25) is 0 Å². The highest BCUT2D eigenvalue weighted by atomic mass is 16.5. The Bertz CT molecular complexity index is 1230. The second kappa shape index (κ2) is 11.3. The Hall–Kier alpha value is -3.48. The zero-order valence-corrected chi connectivity index (χ0v) is 21.2. The Morgan fingerprint density at radius 2 is 1.92 bits per heavy atom. The minimum atomic E-state index is -0.664. The van der Waals surface area contributed by atoms with Crippen molar-refractivity contribution in [1.82, 2.24) is 19.4 Å². The number of nitrogens with two attached hydrogens (primary N) is 1. The van der Waals surface area contributed by atoms with E-state index >= 15 is 0 Å². The quantitative estimate of drug-likeness (QED) is 0.649. The van der Waals surface area contributed by atoms with Gasteiger partial charge in [0.25, 0.3) is 5.91 Å². The van der Waals surface area contributed by atoms with Crippen LogP contribution >= 0.6 is 0 Å². The standard InChI is InChI=1S/C28H34N6O3/c29-17-23-18-34(28(31-23)27(30)36)25-7-6-22(16-24(25)21-4-2-1-3-5-21)20-8-10-33(11-9-20)26(35)19-32-12-14-37-15-13-32/h4,6-7,16,18,20H,1-3,5,8-15,19H2,(H2,30,36). The third kappa shape index (κ3) is 5.60. The molecule has 37 heavy (non-hydrogen) atoms. The van der Waals surface area contributed by atoms with E-state index in [0.717, 1.165) is 69.5 Å². The number of ether oxygens (including phenoxy) is 1. The molecule has 0 radical (unpaired) electrons. The number of hydrogen-bond donors (Lipinski definition) is 1. The first-order valence-electron chi connectivity index (χ1n) is 13.2. The molecule has 2 saturated heterocycles. The van der Waals surface area contributed by atoms with Gasteiger partial charge in [0.05, 0.1) is 25.4 Å². The van der Waals surface area contributed by atoms with Crippen LogP contribution in [0, 0.1) is 11.3 Å². The van der Waals surface area contributed by atoms with Crippen molar-refractivity contribution in [3.05, 3.63) is 53.1 Å². The highest BCUT2D eigenvalue weighted by molar-refractivity contribution is 5.90. The molecule has 9 heteroatoms. The van der Waals surface area contributed by atoms with Crippen LogP contribution in [0.3, 0.4) is 0 Å². The maximum atomic E-state index is 12.9. The number of primary amides is 1. The Kier molecular flexibility index (Phi) is 7.68. The summed E-state index contributed by atoms with van der Waals surface area (Å²) in [4.78, 5) is 33.3. The molecule has 0 bridgehead atoms. The van der Waals surface area contributed by atoms with Crippen LogP contribution in [0.15, 0.2) is 30.5 Å². The topological polar surface area (TPSA) is 117 Å². The molecule has 194 valence electrons. The van der Waals surface area contributed by atoms with Crippen LogP contribution < -0.4 is 5.73 Å². The zero-order chi connectivity index (χ0) is 25.8. The van der Waals surface area contributed by atoms with Gasteiger partial charge in [-0.05, 0) is 67.7 Å². The summed E-state index contributed by atoms with van der Waals surface area (Å²) < 4.78 is 7.05. The van der Waals surface area contributed by atoms with Gasteiger partial charge in [0.2, 0.25) is 11.7 Å². The number of nitriles is 1. The van der Waals surface area contributed by atoms with Gasteiger partial charge in [-0.2, -0.15) is 5.26 Å². The third-order valence-electron chi connectivity index (χ3n) is 7.74. The molecule has 0 unspecified atom stereocenters. The van der Waals surface area contributed by atoms with Crippen molar-refractivity contribution in [3.8, 4) is 11.8 Å². The summed E-state index contributed by atoms with van der Waals surface area (Å²) in [6, 6.07) is 8.38. The van der Waals surface area contributed by atoms with Crippen molar-refractivity contribution in [2.75, 3.05) is 45.9 Å². The lowest BCUT2D eigenvalue weighted by Crippen LogP contribution is -2.46. The number of carbonyl (C=O) groups excluding carboxylic acids is 2. The Morgan fingerprint density at radius 1 is 1.14 bits per heavy atom. The fraction of sp³-hybridized carbons (Fsp3) is 0.500. The summed E-state index contributed by atoms with van der Waals surface area (Å²) in [6.45, 7) is 5.01. The molecule has 2 fully saturated rings. The maximum absolute atomic E-state index is 12.9. The van der Waals surface area contributed by atoms with E-state index in [1.807, 2.05) is 17.0 Å². The first-order valence-corrected chi connectivity index (χ1v) is 13.2. The maximum Gasteiger partial charge on any atom is 0.285 e. The SMILES string of the molecule is N#Cc1cn(-c2ccc(C3CCN(C(=O)CN4CCOCC4)CC3)cc2C2=CCCCC2)c(C(N)=O)n1. The Labute approximate surface area is 217 Å². The third-order valence-corrected chi connectivity index (χ3v) is 7.74. The van der Waals surface area contributed by atoms with Crippen LogP contribution in [0.1, 0.15) is 71.9 Å². The van der Waals surface area contributed by atoms with Gasteiger partial charge in [-0.3, -0.25) is 19.1 Å². The summed E-state index contributed by atoms with van der Waals surface area (Å²) in [5.74, 6) is -0.0362. The summed E-state index contributed by atoms with van der Waals surface area (Å²) in [5, 5.41) is 9.36. The molecule has 2 N–H and O–H groups in total. The number of aromatic nitrogens is 2. The first kappa shape index (κ1) is 25.2. The minimum absolute atomic E-state index is 0.0639. The number of likely N-dealkylation sites (tertiary alicyclic amines) is 1. The number of amides is 2. The van der Waals surface area contributed by atoms with Crippen molar-refractivity contribution in [2.45, 2.75) is 44.4 Å². The highest BCUT2D eigenvalue weighted by Crippen LogP contribution is 2.36. The van der Waals surface area contributed by atoms with Gasteiger partial charge in [-0.1, -0.05) is 12.1 Å². The van der Waals surface area contributed by atoms with E-state index in [2.05, 4.69) is 28.1 Å². The van der Waals surface area contributed by atoms with Gasteiger partial charge in [0.1, 0.15) is 6.07 Å². The average molecular weight is 503 g/mol. The van der Waals surface area contributed by atoms with E-state index in [-0.39, 0.29) is 17.4 Å². The summed E-state index contributed by atoms with van der Waals surface area (Å²) in [5.41, 5.74) is 10.1. The van der Waals surface area contributed by atoms with Gasteiger partial charge < -0.3 is 15.4 Å². The van der Waals surface area contributed by atoms with Crippen molar-refractivity contribution < 1.29 is 14.3 Å². The fourth-order valence-electron chi connectivity index (χ4n) is 5.66. The molecule has 3 aliphatic rings. The number of nitrogens with zero attached hydrogens (tertiary/aromatic N) is 5. The fourth-order valence-corrected chi connectivity index (χ4v) is 5.66. The second-order valence-electron chi connectivity index (χ2n) is 10.1. The lowest BCUT2D eigenvalue weighted by atomic mass is 9.85. The molecule has 0 spiro atoms. The number of allylic oxidation sites excluding steroid dienone is 2. The van der Waals surface area contributed by atoms with Crippen molar-refractivity contribution in [2.24, 2.45) is 5.73 Å². The molecular formula is C28H34N6O3. The van der Waals surface area contributed by atoms with E-state index < -0.39 is 5.91 Å². The molecule has 2 amide bonds. The van der Waals surface area contributed by atoms with Gasteiger partial charge in [0.15, 0.2) is 5.69 Å². The van der Waals surface area contributed by atoms with Crippen molar-refractivity contribution in [3.63, 3.8) is 0 Å². The smallest absolute Gasteiger partial charge is 0.285 e. The van der Waals surface area contributed by atoms with E-state index in [9.17, 15) is 14.9 Å². The van der Waals surface area contributed by atoms with Crippen LogP contribution in [-0.2, 0) is 9.53 Å². The molecule has 1 aromatic carbocycles. The molecule has 1 aromatic heterocycles. The van der Waals surface area contributed by atoms with Crippen LogP contribution in [0.25, 0.3) is 11.3 Å². The Morgan fingerprint density at radius 3 is 2.59 bits per heavy atom. The summed E-state index contributed by atoms with van der Waals surface area (Å²) in [6.07, 6.45) is 9.99. The molecule has 9 nitrogen and oxygen atoms in total. The second-order valence-corrected chi connectivity index (χ2v) is 10.1. The molecule has 0 saturated carbocycles. The normalized spacial score (nSPS) is 19.3. The number of hydrogen-bond acceptors (Lipinski definition) is 6. The first-order chi connectivity index (χ1) is 18.0. The number of benzene rings is 1. The summed E-state index contributed by atoms with van der Waals surface area (Å²) in [7, 11) is 0. The van der Waals surface area contributed by atoms with Crippen LogP contribution in [0.5, 0.6) is 0 Å².